The van der Waals surface area contributed by atoms with Crippen LogP contribution in [-0.4, -0.2) is 28.1 Å². The zero-order valence-corrected chi connectivity index (χ0v) is 15.3. The first-order valence-corrected chi connectivity index (χ1v) is 9.18. The molecule has 0 saturated heterocycles. The van der Waals surface area contributed by atoms with Gasteiger partial charge in [0.2, 0.25) is 0 Å². The lowest BCUT2D eigenvalue weighted by Crippen LogP contribution is -2.40. The predicted molar refractivity (Wildman–Crippen MR) is 107 cm³/mol. The van der Waals surface area contributed by atoms with E-state index in [4.69, 9.17) is 0 Å². The summed E-state index contributed by atoms with van der Waals surface area (Å²) in [4.78, 5) is 23.9. The Bertz CT molecular complexity index is 1190. The van der Waals surface area contributed by atoms with Crippen LogP contribution >= 0.6 is 15.9 Å². The number of benzene rings is 2. The van der Waals surface area contributed by atoms with Gasteiger partial charge in [-0.05, 0) is 24.3 Å². The highest BCUT2D eigenvalue weighted by Gasteiger charge is 2.27. The van der Waals surface area contributed by atoms with Gasteiger partial charge in [-0.3, -0.25) is 9.79 Å². The number of nitrogens with one attached hydrogen (secondary N) is 3. The highest BCUT2D eigenvalue weighted by atomic mass is 79.9. The quantitative estimate of drug-likeness (QED) is 0.461. The van der Waals surface area contributed by atoms with Crippen molar-refractivity contribution in [3.05, 3.63) is 70.5 Å². The molecule has 1 aliphatic heterocycles. The van der Waals surface area contributed by atoms with Crippen LogP contribution in [0.1, 0.15) is 17.2 Å². The molecule has 0 saturated carbocycles. The third-order valence-electron chi connectivity index (χ3n) is 4.85. The fraction of sp³-hybridized carbons (Fsp3) is 0.100. The highest BCUT2D eigenvalue weighted by Crippen LogP contribution is 2.28. The van der Waals surface area contributed by atoms with Crippen LogP contribution in [0.5, 0.6) is 0 Å². The van der Waals surface area contributed by atoms with Gasteiger partial charge in [-0.15, -0.1) is 0 Å². The first kappa shape index (κ1) is 15.4. The minimum Gasteiger partial charge on any atom is -0.361 e. The van der Waals surface area contributed by atoms with Crippen molar-refractivity contribution in [3.8, 4) is 0 Å². The second-order valence-electron chi connectivity index (χ2n) is 6.40. The number of halogens is 1. The van der Waals surface area contributed by atoms with E-state index in [0.717, 1.165) is 37.4 Å². The monoisotopic (exact) mass is 406 g/mol. The Morgan fingerprint density at radius 3 is 2.69 bits per heavy atom. The fourth-order valence-electron chi connectivity index (χ4n) is 3.58. The molecule has 0 fully saturated rings. The Balaban J connectivity index is 1.53. The SMILES string of the molecule is O=C1NC(c2c[nH]c3ccccc23)CN=C1c1c[nH]c2ccc(Br)cc12. The lowest BCUT2D eigenvalue weighted by atomic mass is 10.0. The second kappa shape index (κ2) is 5.85. The van der Waals surface area contributed by atoms with Crippen molar-refractivity contribution >= 4 is 49.4 Å². The van der Waals surface area contributed by atoms with Gasteiger partial charge in [0.05, 0.1) is 12.6 Å². The second-order valence-corrected chi connectivity index (χ2v) is 7.31. The van der Waals surface area contributed by atoms with Crippen molar-refractivity contribution in [2.45, 2.75) is 6.04 Å². The number of aromatic nitrogens is 2. The number of fused-ring (bicyclic) bond motifs is 2. The van der Waals surface area contributed by atoms with E-state index in [0.29, 0.717) is 12.3 Å². The molecule has 2 aromatic carbocycles. The van der Waals surface area contributed by atoms with E-state index in [1.54, 1.807) is 0 Å². The Hall–Kier alpha value is -2.86. The van der Waals surface area contributed by atoms with Crippen LogP contribution in [-0.2, 0) is 4.79 Å². The van der Waals surface area contributed by atoms with Gasteiger partial charge < -0.3 is 15.3 Å². The largest absolute Gasteiger partial charge is 0.361 e. The van der Waals surface area contributed by atoms with E-state index >= 15 is 0 Å². The van der Waals surface area contributed by atoms with E-state index in [1.165, 1.54) is 0 Å². The average Bonchev–Trinajstić information content (AvgIpc) is 3.25. The molecule has 0 aliphatic carbocycles. The molecule has 0 spiro atoms. The highest BCUT2D eigenvalue weighted by molar-refractivity contribution is 9.10. The molecule has 128 valence electrons. The molecule has 1 unspecified atom stereocenters. The van der Waals surface area contributed by atoms with Crippen molar-refractivity contribution in [2.24, 2.45) is 4.99 Å². The van der Waals surface area contributed by atoms with E-state index in [-0.39, 0.29) is 11.9 Å². The van der Waals surface area contributed by atoms with Crippen molar-refractivity contribution in [1.29, 1.82) is 0 Å². The molecule has 3 heterocycles. The van der Waals surface area contributed by atoms with Crippen LogP contribution in [0.2, 0.25) is 0 Å². The van der Waals surface area contributed by atoms with E-state index < -0.39 is 0 Å². The van der Waals surface area contributed by atoms with Crippen LogP contribution < -0.4 is 5.32 Å². The number of rotatable bonds is 2. The molecule has 2 aromatic heterocycles. The van der Waals surface area contributed by atoms with Gasteiger partial charge in [0.1, 0.15) is 5.71 Å². The number of hydrogen-bond acceptors (Lipinski definition) is 2. The average molecular weight is 407 g/mol. The van der Waals surface area contributed by atoms with Gasteiger partial charge in [-0.2, -0.15) is 0 Å². The van der Waals surface area contributed by atoms with E-state index in [1.807, 2.05) is 48.8 Å². The normalized spacial score (nSPS) is 17.5. The van der Waals surface area contributed by atoms with Crippen LogP contribution in [0, 0.1) is 0 Å². The first-order valence-electron chi connectivity index (χ1n) is 8.39. The molecule has 6 heteroatoms. The van der Waals surface area contributed by atoms with Crippen LogP contribution in [0.4, 0.5) is 0 Å². The number of H-pyrrole nitrogens is 2. The number of para-hydroxylation sites is 1. The first-order chi connectivity index (χ1) is 12.7. The van der Waals surface area contributed by atoms with Gasteiger partial charge in [0.15, 0.2) is 0 Å². The van der Waals surface area contributed by atoms with E-state index in [2.05, 4.69) is 42.3 Å². The van der Waals surface area contributed by atoms with Crippen molar-refractivity contribution in [1.82, 2.24) is 15.3 Å². The van der Waals surface area contributed by atoms with Crippen molar-refractivity contribution in [2.75, 3.05) is 6.54 Å². The number of hydrogen-bond donors (Lipinski definition) is 3. The number of carbonyl (C=O) groups excluding carboxylic acids is 1. The maximum absolute atomic E-state index is 12.8. The molecule has 26 heavy (non-hydrogen) atoms. The summed E-state index contributed by atoms with van der Waals surface area (Å²) in [6.07, 6.45) is 3.81. The number of carbonyl (C=O) groups is 1. The number of aromatic amines is 2. The molecule has 3 N–H and O–H groups in total. The fourth-order valence-corrected chi connectivity index (χ4v) is 3.94. The van der Waals surface area contributed by atoms with Gasteiger partial charge in [-0.1, -0.05) is 34.1 Å². The van der Waals surface area contributed by atoms with Crippen LogP contribution in [0.3, 0.4) is 0 Å². The molecule has 0 bridgehead atoms. The number of aliphatic imine (C=N–C) groups is 1. The molecule has 1 aliphatic rings. The van der Waals surface area contributed by atoms with Gasteiger partial charge in [0.25, 0.3) is 5.91 Å². The molecule has 1 atom stereocenters. The maximum Gasteiger partial charge on any atom is 0.270 e. The van der Waals surface area contributed by atoms with Gasteiger partial charge in [0, 0.05) is 49.8 Å². The Morgan fingerprint density at radius 1 is 1.00 bits per heavy atom. The molecular formula is C20H15BrN4O. The third-order valence-corrected chi connectivity index (χ3v) is 5.34. The van der Waals surface area contributed by atoms with Crippen LogP contribution in [0.25, 0.3) is 21.8 Å². The lowest BCUT2D eigenvalue weighted by molar-refractivity contribution is -0.115. The zero-order chi connectivity index (χ0) is 17.7. The molecule has 0 radical (unpaired) electrons. The van der Waals surface area contributed by atoms with Crippen LogP contribution in [0.15, 0.2) is 64.3 Å². The molecule has 1 amide bonds. The molecular weight excluding hydrogens is 392 g/mol. The third kappa shape index (κ3) is 2.37. The smallest absolute Gasteiger partial charge is 0.270 e. The molecule has 5 nitrogen and oxygen atoms in total. The topological polar surface area (TPSA) is 73.0 Å². The minimum atomic E-state index is -0.146. The maximum atomic E-state index is 12.8. The predicted octanol–water partition coefficient (Wildman–Crippen LogP) is 4.07. The zero-order valence-electron chi connectivity index (χ0n) is 13.7. The summed E-state index contributed by atoms with van der Waals surface area (Å²) in [6, 6.07) is 13.9. The molecule has 4 aromatic rings. The summed E-state index contributed by atoms with van der Waals surface area (Å²) in [5, 5.41) is 5.22. The standard InChI is InChI=1S/C20H15BrN4O/c21-11-5-6-17-13(7-11)15(9-23-17)19-20(26)25-18(10-24-19)14-8-22-16-4-2-1-3-12(14)16/h1-9,18,22-23H,10H2,(H,25,26). The Labute approximate surface area is 157 Å². The van der Waals surface area contributed by atoms with Crippen molar-refractivity contribution < 1.29 is 4.79 Å². The summed E-state index contributed by atoms with van der Waals surface area (Å²) in [5.74, 6) is -0.146. The molecule has 5 rings (SSSR count). The summed E-state index contributed by atoms with van der Waals surface area (Å²) < 4.78 is 0.972. The Morgan fingerprint density at radius 2 is 1.81 bits per heavy atom. The van der Waals surface area contributed by atoms with E-state index in [9.17, 15) is 4.79 Å². The van der Waals surface area contributed by atoms with Crippen molar-refractivity contribution in [3.63, 3.8) is 0 Å². The number of nitrogens with zero attached hydrogens (tertiary/aromatic N) is 1. The summed E-state index contributed by atoms with van der Waals surface area (Å²) in [7, 11) is 0. The lowest BCUT2D eigenvalue weighted by Gasteiger charge is -2.22. The Kier molecular flexibility index (Phi) is 3.46. The number of amides is 1. The van der Waals surface area contributed by atoms with Gasteiger partial charge >= 0.3 is 0 Å². The van der Waals surface area contributed by atoms with Gasteiger partial charge in [-0.25, -0.2) is 0 Å². The summed E-state index contributed by atoms with van der Waals surface area (Å²) in [6.45, 7) is 0.517. The minimum absolute atomic E-state index is 0.126. The summed E-state index contributed by atoms with van der Waals surface area (Å²) in [5.41, 5.74) is 4.42. The summed E-state index contributed by atoms with van der Waals surface area (Å²) >= 11 is 3.49.